The maximum absolute atomic E-state index is 6.02. The highest BCUT2D eigenvalue weighted by atomic mass is 28.4. The number of fused-ring (bicyclic) bond motifs is 1. The molecule has 5 nitrogen and oxygen atoms in total. The molecule has 0 radical (unpaired) electrons. The van der Waals surface area contributed by atoms with E-state index in [1.54, 1.807) is 14.2 Å². The van der Waals surface area contributed by atoms with Gasteiger partial charge in [-0.3, -0.25) is 0 Å². The van der Waals surface area contributed by atoms with E-state index >= 15 is 0 Å². The fraction of sp³-hybridized carbons (Fsp3) is 1.00. The minimum atomic E-state index is -2.65. The van der Waals surface area contributed by atoms with E-state index in [0.717, 1.165) is 0 Å². The molecule has 2 heterocycles. The first-order chi connectivity index (χ1) is 7.94. The lowest BCUT2D eigenvalue weighted by molar-refractivity contribution is -0.293. The molecule has 0 aromatic rings. The fourth-order valence-electron chi connectivity index (χ4n) is 2.60. The first-order valence-electron chi connectivity index (χ1n) is 6.00. The van der Waals surface area contributed by atoms with Crippen molar-refractivity contribution in [3.05, 3.63) is 0 Å². The van der Waals surface area contributed by atoms with Crippen molar-refractivity contribution in [3.8, 4) is 0 Å². The molecule has 0 bridgehead atoms. The Balaban J connectivity index is 2.23. The quantitative estimate of drug-likeness (QED) is 0.704. The third-order valence-corrected chi connectivity index (χ3v) is 6.67. The average molecular weight is 262 g/mol. The average Bonchev–Trinajstić information content (AvgIpc) is 2.30. The zero-order valence-corrected chi connectivity index (χ0v) is 12.2. The van der Waals surface area contributed by atoms with Crippen LogP contribution in [0.15, 0.2) is 0 Å². The summed E-state index contributed by atoms with van der Waals surface area (Å²) in [6.07, 6.45) is 0.0825. The van der Waals surface area contributed by atoms with Gasteiger partial charge in [-0.25, -0.2) is 0 Å². The summed E-state index contributed by atoms with van der Waals surface area (Å²) < 4.78 is 28.7. The largest absolute Gasteiger partial charge is 0.508 e. The van der Waals surface area contributed by atoms with Crippen molar-refractivity contribution >= 4 is 8.80 Å². The molecule has 17 heavy (non-hydrogen) atoms. The second-order valence-electron chi connectivity index (χ2n) is 5.20. The van der Waals surface area contributed by atoms with Gasteiger partial charge in [-0.05, 0) is 13.8 Å². The van der Waals surface area contributed by atoms with Crippen LogP contribution in [-0.4, -0.2) is 48.1 Å². The Morgan fingerprint density at radius 2 is 1.82 bits per heavy atom. The van der Waals surface area contributed by atoms with E-state index in [1.165, 1.54) is 0 Å². The molecule has 2 fully saturated rings. The van der Waals surface area contributed by atoms with Crippen molar-refractivity contribution in [3.63, 3.8) is 0 Å². The molecule has 6 heteroatoms. The van der Waals surface area contributed by atoms with Crippen molar-refractivity contribution in [2.45, 2.75) is 38.2 Å². The molecule has 0 saturated carbocycles. The monoisotopic (exact) mass is 262 g/mol. The van der Waals surface area contributed by atoms with Gasteiger partial charge in [0.05, 0.1) is 18.3 Å². The van der Waals surface area contributed by atoms with Crippen LogP contribution in [-0.2, 0) is 22.8 Å². The SMILES string of the molecule is CO[Si]1(OC)OC[C@@H](C)[C@@H]2OC(C)(C)OC[C@H]21. The van der Waals surface area contributed by atoms with Crippen molar-refractivity contribution < 1.29 is 22.8 Å². The minimum Gasteiger partial charge on any atom is -0.377 e. The molecule has 0 aliphatic carbocycles. The van der Waals surface area contributed by atoms with Gasteiger partial charge in [0.25, 0.3) is 0 Å². The molecule has 0 spiro atoms. The van der Waals surface area contributed by atoms with E-state index in [4.69, 9.17) is 22.8 Å². The molecule has 0 aromatic carbocycles. The zero-order chi connectivity index (χ0) is 12.7. The molecule has 0 unspecified atom stereocenters. The summed E-state index contributed by atoms with van der Waals surface area (Å²) in [5, 5.41) is 0. The maximum Gasteiger partial charge on any atom is 0.508 e. The number of ether oxygens (including phenoxy) is 2. The van der Waals surface area contributed by atoms with E-state index in [2.05, 4.69) is 6.92 Å². The fourth-order valence-corrected chi connectivity index (χ4v) is 5.40. The summed E-state index contributed by atoms with van der Waals surface area (Å²) >= 11 is 0. The Kier molecular flexibility index (Phi) is 3.64. The van der Waals surface area contributed by atoms with Crippen LogP contribution in [0.4, 0.5) is 0 Å². The third kappa shape index (κ3) is 2.30. The van der Waals surface area contributed by atoms with Gasteiger partial charge in [0.15, 0.2) is 5.79 Å². The van der Waals surface area contributed by atoms with Gasteiger partial charge in [-0.2, -0.15) is 0 Å². The Morgan fingerprint density at radius 1 is 1.18 bits per heavy atom. The van der Waals surface area contributed by atoms with Gasteiger partial charge in [-0.1, -0.05) is 6.92 Å². The van der Waals surface area contributed by atoms with Crippen LogP contribution in [0.3, 0.4) is 0 Å². The van der Waals surface area contributed by atoms with Gasteiger partial charge < -0.3 is 22.8 Å². The van der Waals surface area contributed by atoms with Gasteiger partial charge in [0, 0.05) is 26.7 Å². The van der Waals surface area contributed by atoms with Crippen LogP contribution >= 0.6 is 0 Å². The summed E-state index contributed by atoms with van der Waals surface area (Å²) in [7, 11) is 0.636. The smallest absolute Gasteiger partial charge is 0.377 e. The van der Waals surface area contributed by atoms with Gasteiger partial charge in [0.2, 0.25) is 0 Å². The predicted molar refractivity (Wildman–Crippen MR) is 63.5 cm³/mol. The Morgan fingerprint density at radius 3 is 2.41 bits per heavy atom. The predicted octanol–water partition coefficient (Wildman–Crippen LogP) is 1.41. The van der Waals surface area contributed by atoms with Crippen LogP contribution in [0.1, 0.15) is 20.8 Å². The highest BCUT2D eigenvalue weighted by molar-refractivity contribution is 6.62. The summed E-state index contributed by atoms with van der Waals surface area (Å²) in [6.45, 7) is 7.19. The van der Waals surface area contributed by atoms with E-state index < -0.39 is 14.6 Å². The molecule has 0 amide bonds. The molecular weight excluding hydrogens is 240 g/mol. The highest BCUT2D eigenvalue weighted by Gasteiger charge is 2.60. The molecule has 0 aromatic heterocycles. The van der Waals surface area contributed by atoms with Crippen molar-refractivity contribution in [1.29, 1.82) is 0 Å². The lowest BCUT2D eigenvalue weighted by Gasteiger charge is -2.50. The lowest BCUT2D eigenvalue weighted by Crippen LogP contribution is -2.64. The number of hydrogen-bond acceptors (Lipinski definition) is 5. The molecule has 2 aliphatic heterocycles. The van der Waals surface area contributed by atoms with E-state index in [9.17, 15) is 0 Å². The van der Waals surface area contributed by atoms with Crippen molar-refractivity contribution in [2.75, 3.05) is 27.4 Å². The summed E-state index contributed by atoms with van der Waals surface area (Å²) in [5.74, 6) is -0.205. The molecule has 2 rings (SSSR count). The maximum atomic E-state index is 6.02. The van der Waals surface area contributed by atoms with Crippen LogP contribution in [0, 0.1) is 5.92 Å². The van der Waals surface area contributed by atoms with Crippen LogP contribution in [0.2, 0.25) is 5.54 Å². The second kappa shape index (κ2) is 4.60. The van der Waals surface area contributed by atoms with E-state index in [1.807, 2.05) is 13.8 Å². The van der Waals surface area contributed by atoms with Gasteiger partial charge >= 0.3 is 8.80 Å². The lowest BCUT2D eigenvalue weighted by atomic mass is 10.0. The molecule has 100 valence electrons. The molecule has 3 atom stereocenters. The molecular formula is C11H22O5Si. The number of rotatable bonds is 2. The van der Waals surface area contributed by atoms with Gasteiger partial charge in [0.1, 0.15) is 0 Å². The first-order valence-corrected chi connectivity index (χ1v) is 7.80. The second-order valence-corrected chi connectivity index (χ2v) is 8.25. The van der Waals surface area contributed by atoms with Crippen LogP contribution in [0.25, 0.3) is 0 Å². The summed E-state index contributed by atoms with van der Waals surface area (Å²) in [5.41, 5.74) is 0.0641. The topological polar surface area (TPSA) is 46.2 Å². The number of hydrogen-bond donors (Lipinski definition) is 0. The summed E-state index contributed by atoms with van der Waals surface area (Å²) in [4.78, 5) is 0. The minimum absolute atomic E-state index is 0.0641. The van der Waals surface area contributed by atoms with Gasteiger partial charge in [-0.15, -0.1) is 0 Å². The van der Waals surface area contributed by atoms with Crippen molar-refractivity contribution in [1.82, 2.24) is 0 Å². The van der Waals surface area contributed by atoms with Crippen LogP contribution in [0.5, 0.6) is 0 Å². The molecule has 2 aliphatic rings. The van der Waals surface area contributed by atoms with Crippen molar-refractivity contribution in [2.24, 2.45) is 5.92 Å². The Bertz CT molecular complexity index is 279. The third-order valence-electron chi connectivity index (χ3n) is 3.56. The zero-order valence-electron chi connectivity index (χ0n) is 11.2. The standard InChI is InChI=1S/C11H22O5Si/c1-8-6-15-17(12-4,13-5)9-7-14-11(2,3)16-10(8)9/h8-10H,6-7H2,1-5H3/t8-,9-,10+/m1/s1. The Hall–Kier alpha value is 0.0169. The molecule has 0 N–H and O–H groups in total. The van der Waals surface area contributed by atoms with Crippen LogP contribution < -0.4 is 0 Å². The highest BCUT2D eigenvalue weighted by Crippen LogP contribution is 2.43. The normalized spacial score (nSPS) is 39.7. The van der Waals surface area contributed by atoms with E-state index in [0.29, 0.717) is 19.1 Å². The summed E-state index contributed by atoms with van der Waals surface area (Å²) in [6, 6.07) is 0. The molecule has 2 saturated heterocycles. The van der Waals surface area contributed by atoms with E-state index in [-0.39, 0.29) is 11.6 Å². The Labute approximate surface area is 104 Å². The first kappa shape index (κ1) is 13.4.